The van der Waals surface area contributed by atoms with Crippen molar-refractivity contribution in [2.75, 3.05) is 30.9 Å². The third-order valence-corrected chi connectivity index (χ3v) is 3.12. The Morgan fingerprint density at radius 2 is 2.04 bits per heavy atom. The summed E-state index contributed by atoms with van der Waals surface area (Å²) in [5, 5.41) is 10.3. The van der Waals surface area contributed by atoms with Crippen molar-refractivity contribution >= 4 is 17.9 Å². The summed E-state index contributed by atoms with van der Waals surface area (Å²) in [6, 6.07) is 10.1. The summed E-state index contributed by atoms with van der Waals surface area (Å²) in [5.41, 5.74) is 5.12. The first kappa shape index (κ1) is 18.4. The minimum absolute atomic E-state index is 0.290. The second-order valence-electron chi connectivity index (χ2n) is 5.30. The quantitative estimate of drug-likeness (QED) is 0.370. The Hall–Kier alpha value is -2.93. The minimum atomic E-state index is 0.290. The number of allylic oxidation sites excluding steroid dienone is 1. The zero-order valence-electron chi connectivity index (χ0n) is 14.8. The lowest BCUT2D eigenvalue weighted by Gasteiger charge is -2.08. The Morgan fingerprint density at radius 3 is 2.80 bits per heavy atom. The summed E-state index contributed by atoms with van der Waals surface area (Å²) < 4.78 is 5.55. The van der Waals surface area contributed by atoms with Gasteiger partial charge in [-0.3, -0.25) is 5.43 Å². The molecule has 0 fully saturated rings. The van der Waals surface area contributed by atoms with Crippen LogP contribution >= 0.6 is 0 Å². The fraction of sp³-hybridized carbons (Fsp3) is 0.278. The highest BCUT2D eigenvalue weighted by Gasteiger charge is 2.04. The molecule has 1 aromatic heterocycles. The van der Waals surface area contributed by atoms with Gasteiger partial charge in [0.25, 0.3) is 0 Å². The number of likely N-dealkylation sites (N-methyl/N-ethyl adjacent to an activating group) is 1. The lowest BCUT2D eigenvalue weighted by Crippen LogP contribution is -2.17. The van der Waals surface area contributed by atoms with E-state index >= 15 is 0 Å². The molecule has 0 amide bonds. The largest absolute Gasteiger partial charge is 0.462 e. The first-order chi connectivity index (χ1) is 12.2. The summed E-state index contributed by atoms with van der Waals surface area (Å²) >= 11 is 0. The van der Waals surface area contributed by atoms with Crippen LogP contribution < -0.4 is 20.8 Å². The maximum atomic E-state index is 5.55. The van der Waals surface area contributed by atoms with Crippen molar-refractivity contribution < 1.29 is 4.74 Å². The van der Waals surface area contributed by atoms with Crippen molar-refractivity contribution in [1.29, 1.82) is 0 Å². The van der Waals surface area contributed by atoms with Crippen LogP contribution in [0.5, 0.6) is 6.01 Å². The van der Waals surface area contributed by atoms with Gasteiger partial charge in [0.15, 0.2) is 5.82 Å². The molecule has 0 aliphatic carbocycles. The van der Waals surface area contributed by atoms with Crippen molar-refractivity contribution in [3.63, 3.8) is 0 Å². The zero-order chi connectivity index (χ0) is 17.9. The molecule has 0 aliphatic rings. The molecular formula is C18H24N6O. The van der Waals surface area contributed by atoms with Crippen LogP contribution in [0.25, 0.3) is 0 Å². The van der Waals surface area contributed by atoms with Gasteiger partial charge in [-0.25, -0.2) is 0 Å². The second-order valence-corrected chi connectivity index (χ2v) is 5.30. The van der Waals surface area contributed by atoms with Crippen molar-refractivity contribution in [3.05, 3.63) is 53.7 Å². The SMILES string of the molecule is C/C=C\Nc1cc(N/N=C/c2cccc(C)c2)nc(OCCNC)n1. The fourth-order valence-electron chi connectivity index (χ4n) is 1.96. The molecule has 25 heavy (non-hydrogen) atoms. The molecule has 0 bridgehead atoms. The highest BCUT2D eigenvalue weighted by atomic mass is 16.5. The summed E-state index contributed by atoms with van der Waals surface area (Å²) in [6.45, 7) is 5.16. The Bertz CT molecular complexity index is 729. The molecule has 0 saturated carbocycles. The zero-order valence-corrected chi connectivity index (χ0v) is 14.8. The van der Waals surface area contributed by atoms with Crippen molar-refractivity contribution in [2.24, 2.45) is 5.10 Å². The maximum Gasteiger partial charge on any atom is 0.320 e. The summed E-state index contributed by atoms with van der Waals surface area (Å²) in [7, 11) is 1.86. The predicted octanol–water partition coefficient (Wildman–Crippen LogP) is 2.77. The Kier molecular flexibility index (Phi) is 7.40. The summed E-state index contributed by atoms with van der Waals surface area (Å²) in [6.07, 6.45) is 5.42. The number of anilines is 2. The van der Waals surface area contributed by atoms with Crippen LogP contribution in [0.1, 0.15) is 18.1 Å². The topological polar surface area (TPSA) is 83.5 Å². The number of hydrogen-bond donors (Lipinski definition) is 3. The van der Waals surface area contributed by atoms with Gasteiger partial charge in [0, 0.05) is 12.6 Å². The molecule has 3 N–H and O–H groups in total. The van der Waals surface area contributed by atoms with E-state index in [2.05, 4.69) is 37.2 Å². The average molecular weight is 340 g/mol. The van der Waals surface area contributed by atoms with E-state index in [0.717, 1.165) is 5.56 Å². The summed E-state index contributed by atoms with van der Waals surface area (Å²) in [4.78, 5) is 8.62. The molecule has 1 heterocycles. The Balaban J connectivity index is 2.09. The van der Waals surface area contributed by atoms with E-state index in [1.165, 1.54) is 5.56 Å². The Morgan fingerprint density at radius 1 is 1.20 bits per heavy atom. The molecule has 0 spiro atoms. The van der Waals surface area contributed by atoms with Crippen molar-refractivity contribution in [2.45, 2.75) is 13.8 Å². The molecule has 132 valence electrons. The van der Waals surface area contributed by atoms with E-state index in [-0.39, 0.29) is 6.01 Å². The number of nitrogens with one attached hydrogen (secondary N) is 3. The van der Waals surface area contributed by atoms with Gasteiger partial charge in [-0.15, -0.1) is 0 Å². The van der Waals surface area contributed by atoms with Gasteiger partial charge in [-0.2, -0.15) is 15.1 Å². The lowest BCUT2D eigenvalue weighted by molar-refractivity contribution is 0.294. The third-order valence-electron chi connectivity index (χ3n) is 3.12. The Labute approximate surface area is 148 Å². The minimum Gasteiger partial charge on any atom is -0.462 e. The standard InChI is InChI=1S/C18H24N6O/c1-4-8-20-16-12-17(23-18(22-16)25-10-9-19-3)24-21-13-15-7-5-6-14(2)11-15/h4-8,11-13,19H,9-10H2,1-3H3,(H2,20,22,23,24)/b8-4-,21-13+. The van der Waals surface area contributed by atoms with Crippen molar-refractivity contribution in [1.82, 2.24) is 15.3 Å². The molecule has 7 nitrogen and oxygen atoms in total. The number of benzene rings is 1. The molecule has 2 aromatic rings. The van der Waals surface area contributed by atoms with Crippen LogP contribution in [0.3, 0.4) is 0 Å². The van der Waals surface area contributed by atoms with Crippen molar-refractivity contribution in [3.8, 4) is 6.01 Å². The number of ether oxygens (including phenoxy) is 1. The fourth-order valence-corrected chi connectivity index (χ4v) is 1.96. The molecule has 1 aromatic carbocycles. The van der Waals surface area contributed by atoms with E-state index in [9.17, 15) is 0 Å². The molecule has 7 heteroatoms. The normalized spacial score (nSPS) is 11.2. The molecule has 2 rings (SSSR count). The molecule has 0 aliphatic heterocycles. The monoisotopic (exact) mass is 340 g/mol. The number of aromatic nitrogens is 2. The van der Waals surface area contributed by atoms with Gasteiger partial charge < -0.3 is 15.4 Å². The van der Waals surface area contributed by atoms with Crippen LogP contribution in [0.4, 0.5) is 11.6 Å². The average Bonchev–Trinajstić information content (AvgIpc) is 2.60. The van der Waals surface area contributed by atoms with Gasteiger partial charge in [0.1, 0.15) is 12.4 Å². The molecular weight excluding hydrogens is 316 g/mol. The molecule has 0 unspecified atom stereocenters. The number of rotatable bonds is 9. The van der Waals surface area contributed by atoms with E-state index in [4.69, 9.17) is 4.74 Å². The second kappa shape index (κ2) is 10.0. The van der Waals surface area contributed by atoms with Crippen LogP contribution in [0.2, 0.25) is 0 Å². The first-order valence-electron chi connectivity index (χ1n) is 8.11. The number of hydrogen-bond acceptors (Lipinski definition) is 7. The predicted molar refractivity (Wildman–Crippen MR) is 102 cm³/mol. The van der Waals surface area contributed by atoms with Gasteiger partial charge in [0.05, 0.1) is 6.21 Å². The van der Waals surface area contributed by atoms with Gasteiger partial charge >= 0.3 is 6.01 Å². The van der Waals surface area contributed by atoms with Gasteiger partial charge in [-0.05, 0) is 32.7 Å². The first-order valence-corrected chi connectivity index (χ1v) is 8.11. The smallest absolute Gasteiger partial charge is 0.320 e. The lowest BCUT2D eigenvalue weighted by atomic mass is 10.2. The van der Waals surface area contributed by atoms with Crippen LogP contribution in [-0.4, -0.2) is 36.4 Å². The van der Waals surface area contributed by atoms with E-state index in [1.54, 1.807) is 18.5 Å². The maximum absolute atomic E-state index is 5.55. The van der Waals surface area contributed by atoms with E-state index in [0.29, 0.717) is 24.8 Å². The van der Waals surface area contributed by atoms with Crippen LogP contribution in [0.15, 0.2) is 47.7 Å². The number of aryl methyl sites for hydroxylation is 1. The third kappa shape index (κ3) is 6.60. The molecule has 0 saturated heterocycles. The molecule has 0 atom stereocenters. The van der Waals surface area contributed by atoms with Crippen LogP contribution in [-0.2, 0) is 0 Å². The summed E-state index contributed by atoms with van der Waals surface area (Å²) in [5.74, 6) is 1.17. The van der Waals surface area contributed by atoms with E-state index in [1.807, 2.05) is 45.2 Å². The number of hydrazone groups is 1. The van der Waals surface area contributed by atoms with Gasteiger partial charge in [-0.1, -0.05) is 35.9 Å². The van der Waals surface area contributed by atoms with E-state index < -0.39 is 0 Å². The number of nitrogens with zero attached hydrogens (tertiary/aromatic N) is 3. The highest BCUT2D eigenvalue weighted by molar-refractivity contribution is 5.80. The van der Waals surface area contributed by atoms with Crippen LogP contribution in [0, 0.1) is 6.92 Å². The highest BCUT2D eigenvalue weighted by Crippen LogP contribution is 2.16. The van der Waals surface area contributed by atoms with Gasteiger partial charge in [0.2, 0.25) is 0 Å². The molecule has 0 radical (unpaired) electrons.